The van der Waals surface area contributed by atoms with Crippen LogP contribution in [0.25, 0.3) is 11.1 Å². The van der Waals surface area contributed by atoms with E-state index in [0.29, 0.717) is 26.2 Å². The van der Waals surface area contributed by atoms with Crippen molar-refractivity contribution in [2.75, 3.05) is 33.0 Å². The molecule has 1 aliphatic rings. The zero-order chi connectivity index (χ0) is 21.9. The van der Waals surface area contributed by atoms with Gasteiger partial charge in [0.1, 0.15) is 13.2 Å². The Balaban J connectivity index is 1.31. The number of alkyl carbamates (subject to hydrolysis) is 1. The Hall–Kier alpha value is -2.86. The minimum atomic E-state index is -0.465. The van der Waals surface area contributed by atoms with Gasteiger partial charge in [0.25, 0.3) is 0 Å². The second-order valence-electron chi connectivity index (χ2n) is 7.54. The van der Waals surface area contributed by atoms with Gasteiger partial charge >= 0.3 is 12.1 Å². The lowest BCUT2D eigenvalue weighted by Crippen LogP contribution is -2.29. The highest BCUT2D eigenvalue weighted by Crippen LogP contribution is 2.44. The van der Waals surface area contributed by atoms with Crippen LogP contribution in [-0.4, -0.2) is 45.0 Å². The van der Waals surface area contributed by atoms with Crippen LogP contribution in [0.3, 0.4) is 0 Å². The van der Waals surface area contributed by atoms with Crippen LogP contribution in [0.15, 0.2) is 48.5 Å². The normalized spacial score (nSPS) is 12.2. The highest BCUT2D eigenvalue weighted by atomic mass is 16.6. The summed E-state index contributed by atoms with van der Waals surface area (Å²) in [6.45, 7) is 3.59. The number of amides is 1. The van der Waals surface area contributed by atoms with E-state index < -0.39 is 6.09 Å². The Kier molecular flexibility index (Phi) is 8.91. The molecule has 2 aromatic carbocycles. The van der Waals surface area contributed by atoms with Crippen LogP contribution in [0.5, 0.6) is 0 Å². The number of carbonyl (C=O) groups excluding carboxylic acids is 2. The molecular weight excluding hydrogens is 394 g/mol. The maximum atomic E-state index is 12.1. The first-order valence-corrected chi connectivity index (χ1v) is 11.0. The summed E-state index contributed by atoms with van der Waals surface area (Å²) in [4.78, 5) is 23.5. The third-order valence-corrected chi connectivity index (χ3v) is 5.33. The first-order valence-electron chi connectivity index (χ1n) is 11.0. The van der Waals surface area contributed by atoms with E-state index in [9.17, 15) is 9.59 Å². The van der Waals surface area contributed by atoms with Crippen LogP contribution in [0.2, 0.25) is 0 Å². The van der Waals surface area contributed by atoms with E-state index in [0.717, 1.165) is 19.3 Å². The van der Waals surface area contributed by atoms with Crippen LogP contribution in [0.1, 0.15) is 49.7 Å². The van der Waals surface area contributed by atoms with Gasteiger partial charge in [-0.15, -0.1) is 0 Å². The fourth-order valence-electron chi connectivity index (χ4n) is 3.78. The van der Waals surface area contributed by atoms with Crippen molar-refractivity contribution < 1.29 is 23.8 Å². The predicted molar refractivity (Wildman–Crippen MR) is 119 cm³/mol. The Morgan fingerprint density at radius 1 is 0.871 bits per heavy atom. The summed E-state index contributed by atoms with van der Waals surface area (Å²) in [6.07, 6.45) is 2.96. The van der Waals surface area contributed by atoms with Crippen LogP contribution in [-0.2, 0) is 19.0 Å². The molecule has 166 valence electrons. The van der Waals surface area contributed by atoms with Gasteiger partial charge in [-0.1, -0.05) is 68.3 Å². The van der Waals surface area contributed by atoms with Crippen molar-refractivity contribution in [3.05, 3.63) is 59.7 Å². The van der Waals surface area contributed by atoms with Gasteiger partial charge in [-0.3, -0.25) is 4.79 Å². The van der Waals surface area contributed by atoms with Crippen LogP contribution in [0, 0.1) is 0 Å². The number of unbranched alkanes of at least 4 members (excludes halogenated alkanes) is 2. The summed E-state index contributed by atoms with van der Waals surface area (Å²) in [5, 5.41) is 2.69. The average Bonchev–Trinajstić information content (AvgIpc) is 3.11. The molecule has 0 heterocycles. The van der Waals surface area contributed by atoms with Crippen LogP contribution in [0.4, 0.5) is 4.79 Å². The molecule has 1 N–H and O–H groups in total. The smallest absolute Gasteiger partial charge is 0.407 e. The fourth-order valence-corrected chi connectivity index (χ4v) is 3.78. The van der Waals surface area contributed by atoms with Crippen molar-refractivity contribution in [3.8, 4) is 11.1 Å². The number of nitrogens with one attached hydrogen (secondary N) is 1. The molecule has 0 saturated heterocycles. The van der Waals surface area contributed by atoms with E-state index in [1.807, 2.05) is 24.3 Å². The second-order valence-corrected chi connectivity index (χ2v) is 7.54. The summed E-state index contributed by atoms with van der Waals surface area (Å²) in [6, 6.07) is 16.5. The number of ether oxygens (including phenoxy) is 3. The maximum absolute atomic E-state index is 12.1. The van der Waals surface area contributed by atoms with Crippen molar-refractivity contribution in [1.82, 2.24) is 5.32 Å². The van der Waals surface area contributed by atoms with E-state index in [2.05, 4.69) is 36.5 Å². The van der Waals surface area contributed by atoms with Gasteiger partial charge in [-0.25, -0.2) is 4.79 Å². The highest BCUT2D eigenvalue weighted by Gasteiger charge is 2.28. The number of esters is 1. The number of benzene rings is 2. The van der Waals surface area contributed by atoms with E-state index in [1.54, 1.807) is 0 Å². The summed E-state index contributed by atoms with van der Waals surface area (Å²) in [7, 11) is 0. The lowest BCUT2D eigenvalue weighted by atomic mass is 9.98. The predicted octanol–water partition coefficient (Wildman–Crippen LogP) is 4.67. The third-order valence-electron chi connectivity index (χ3n) is 5.33. The van der Waals surface area contributed by atoms with Crippen molar-refractivity contribution in [3.63, 3.8) is 0 Å². The molecular formula is C25H31NO5. The minimum Gasteiger partial charge on any atom is -0.463 e. The zero-order valence-corrected chi connectivity index (χ0v) is 18.1. The topological polar surface area (TPSA) is 73.9 Å². The molecule has 2 aromatic rings. The Bertz CT molecular complexity index is 821. The summed E-state index contributed by atoms with van der Waals surface area (Å²) in [5.74, 6) is -0.143. The summed E-state index contributed by atoms with van der Waals surface area (Å²) >= 11 is 0. The average molecular weight is 426 g/mol. The first-order chi connectivity index (χ1) is 15.2. The van der Waals surface area contributed by atoms with Crippen molar-refractivity contribution in [1.29, 1.82) is 0 Å². The lowest BCUT2D eigenvalue weighted by molar-refractivity contribution is -0.145. The van der Waals surface area contributed by atoms with E-state index in [-0.39, 0.29) is 25.1 Å². The highest BCUT2D eigenvalue weighted by molar-refractivity contribution is 5.79. The number of fused-ring (bicyclic) bond motifs is 3. The lowest BCUT2D eigenvalue weighted by Gasteiger charge is -2.14. The molecule has 31 heavy (non-hydrogen) atoms. The molecule has 0 fully saturated rings. The molecule has 1 amide bonds. The van der Waals surface area contributed by atoms with E-state index in [1.165, 1.54) is 22.3 Å². The van der Waals surface area contributed by atoms with Gasteiger partial charge in [0.2, 0.25) is 0 Å². The molecule has 6 heteroatoms. The number of hydrogen-bond acceptors (Lipinski definition) is 5. The van der Waals surface area contributed by atoms with Crippen molar-refractivity contribution in [2.45, 2.75) is 38.5 Å². The van der Waals surface area contributed by atoms with Crippen LogP contribution < -0.4 is 5.32 Å². The molecule has 0 bridgehead atoms. The molecule has 0 radical (unpaired) electrons. The Morgan fingerprint density at radius 2 is 1.55 bits per heavy atom. The monoisotopic (exact) mass is 425 g/mol. The SMILES string of the molecule is CCCCCC(=O)OCCOCCNC(=O)OCC1c2ccccc2-c2ccccc21. The molecule has 0 aliphatic heterocycles. The van der Waals surface area contributed by atoms with Gasteiger partial charge in [0, 0.05) is 18.9 Å². The van der Waals surface area contributed by atoms with E-state index in [4.69, 9.17) is 14.2 Å². The van der Waals surface area contributed by atoms with E-state index >= 15 is 0 Å². The molecule has 0 saturated carbocycles. The van der Waals surface area contributed by atoms with Gasteiger partial charge in [-0.2, -0.15) is 0 Å². The number of hydrogen-bond donors (Lipinski definition) is 1. The Morgan fingerprint density at radius 3 is 2.23 bits per heavy atom. The quantitative estimate of drug-likeness (QED) is 0.395. The van der Waals surface area contributed by atoms with Gasteiger partial charge in [0.15, 0.2) is 0 Å². The maximum Gasteiger partial charge on any atom is 0.407 e. The Labute approximate surface area is 183 Å². The van der Waals surface area contributed by atoms with Crippen molar-refractivity contribution >= 4 is 12.1 Å². The third kappa shape index (κ3) is 6.56. The summed E-state index contributed by atoms with van der Waals surface area (Å²) in [5.41, 5.74) is 4.77. The zero-order valence-electron chi connectivity index (χ0n) is 18.1. The molecule has 0 unspecified atom stereocenters. The molecule has 3 rings (SSSR count). The summed E-state index contributed by atoms with van der Waals surface area (Å²) < 4.78 is 15.9. The number of rotatable bonds is 12. The molecule has 0 spiro atoms. The number of carbonyl (C=O) groups is 2. The van der Waals surface area contributed by atoms with Gasteiger partial charge in [-0.05, 0) is 28.7 Å². The van der Waals surface area contributed by atoms with Gasteiger partial charge < -0.3 is 19.5 Å². The molecule has 0 aromatic heterocycles. The largest absolute Gasteiger partial charge is 0.463 e. The van der Waals surface area contributed by atoms with Gasteiger partial charge in [0.05, 0.1) is 13.2 Å². The first kappa shape index (κ1) is 22.8. The minimum absolute atomic E-state index is 0.0430. The van der Waals surface area contributed by atoms with Crippen molar-refractivity contribution in [2.24, 2.45) is 0 Å². The molecule has 0 atom stereocenters. The second kappa shape index (κ2) is 12.1. The standard InChI is InChI=1S/C25H31NO5/c1-2-3-4-13-24(27)30-17-16-29-15-14-26-25(28)31-18-23-21-11-7-5-9-19(21)20-10-6-8-12-22(20)23/h5-12,23H,2-4,13-18H2,1H3,(H,26,28). The molecule has 6 nitrogen and oxygen atoms in total. The molecule has 1 aliphatic carbocycles. The van der Waals surface area contributed by atoms with Crippen LogP contribution >= 0.6 is 0 Å². The fraction of sp³-hybridized carbons (Fsp3) is 0.440.